The minimum Gasteiger partial charge on any atom is -0.311 e. The zero-order chi connectivity index (χ0) is 12.3. The summed E-state index contributed by atoms with van der Waals surface area (Å²) >= 11 is 5.96. The maximum atomic E-state index is 5.96. The third kappa shape index (κ3) is 2.81. The molecule has 0 spiro atoms. The van der Waals surface area contributed by atoms with Crippen molar-refractivity contribution in [3.8, 4) is 5.82 Å². The standard InChI is InChI=1S/C11H14ClN5/c1-3-13-4-9-5-14-6-11(15-9)17-7-10(12)8(2)16-17/h5-7,13H,3-4H2,1-2H3. The van der Waals surface area contributed by atoms with Gasteiger partial charge in [0.25, 0.3) is 0 Å². The maximum absolute atomic E-state index is 5.96. The molecule has 0 aliphatic heterocycles. The molecule has 17 heavy (non-hydrogen) atoms. The van der Waals surface area contributed by atoms with E-state index in [1.165, 1.54) is 0 Å². The van der Waals surface area contributed by atoms with Gasteiger partial charge in [0, 0.05) is 12.7 Å². The third-order valence-corrected chi connectivity index (χ3v) is 2.67. The van der Waals surface area contributed by atoms with Crippen LogP contribution in [0.25, 0.3) is 5.82 Å². The van der Waals surface area contributed by atoms with Crippen LogP contribution in [0.4, 0.5) is 0 Å². The highest BCUT2D eigenvalue weighted by Gasteiger charge is 2.06. The summed E-state index contributed by atoms with van der Waals surface area (Å²) in [6, 6.07) is 0. The Hall–Kier alpha value is -1.46. The number of rotatable bonds is 4. The summed E-state index contributed by atoms with van der Waals surface area (Å²) in [6.07, 6.45) is 5.14. The van der Waals surface area contributed by atoms with Crippen LogP contribution in [0.2, 0.25) is 5.02 Å². The number of hydrogen-bond donors (Lipinski definition) is 1. The second kappa shape index (κ2) is 5.25. The quantitative estimate of drug-likeness (QED) is 0.899. The van der Waals surface area contributed by atoms with Gasteiger partial charge in [-0.05, 0) is 13.5 Å². The van der Waals surface area contributed by atoms with Crippen LogP contribution in [0, 0.1) is 6.92 Å². The molecule has 0 amide bonds. The Balaban J connectivity index is 2.26. The van der Waals surface area contributed by atoms with Crippen molar-refractivity contribution in [2.24, 2.45) is 0 Å². The zero-order valence-corrected chi connectivity index (χ0v) is 10.6. The van der Waals surface area contributed by atoms with Gasteiger partial charge in [-0.25, -0.2) is 9.67 Å². The first kappa shape index (κ1) is 12.0. The highest BCUT2D eigenvalue weighted by Crippen LogP contribution is 2.14. The van der Waals surface area contributed by atoms with Crippen molar-refractivity contribution < 1.29 is 0 Å². The molecule has 6 heteroatoms. The van der Waals surface area contributed by atoms with E-state index in [1.54, 1.807) is 23.3 Å². The molecule has 0 saturated heterocycles. The Bertz CT molecular complexity index is 489. The number of aryl methyl sites for hydroxylation is 1. The van der Waals surface area contributed by atoms with Gasteiger partial charge in [0.15, 0.2) is 5.82 Å². The summed E-state index contributed by atoms with van der Waals surface area (Å²) in [5.74, 6) is 0.676. The molecule has 0 unspecified atom stereocenters. The lowest BCUT2D eigenvalue weighted by Gasteiger charge is -2.03. The fourth-order valence-corrected chi connectivity index (χ4v) is 1.53. The van der Waals surface area contributed by atoms with E-state index in [4.69, 9.17) is 11.6 Å². The average molecular weight is 252 g/mol. The SMILES string of the molecule is CCNCc1cncc(-n2cc(Cl)c(C)n2)n1. The smallest absolute Gasteiger partial charge is 0.172 e. The lowest BCUT2D eigenvalue weighted by Crippen LogP contribution is -2.14. The second-order valence-corrected chi connectivity index (χ2v) is 4.06. The van der Waals surface area contributed by atoms with Crippen LogP contribution >= 0.6 is 11.6 Å². The molecule has 90 valence electrons. The number of nitrogens with zero attached hydrogens (tertiary/aromatic N) is 4. The molecule has 0 atom stereocenters. The third-order valence-electron chi connectivity index (χ3n) is 2.30. The van der Waals surface area contributed by atoms with Gasteiger partial charge in [0.2, 0.25) is 0 Å². The average Bonchev–Trinajstić information content (AvgIpc) is 2.68. The summed E-state index contributed by atoms with van der Waals surface area (Å²) in [5, 5.41) is 8.09. The van der Waals surface area contributed by atoms with Crippen LogP contribution in [0.1, 0.15) is 18.3 Å². The van der Waals surface area contributed by atoms with E-state index in [0.717, 1.165) is 17.9 Å². The molecule has 0 aromatic carbocycles. The van der Waals surface area contributed by atoms with Gasteiger partial charge in [-0.3, -0.25) is 4.98 Å². The molecule has 0 fully saturated rings. The van der Waals surface area contributed by atoms with E-state index in [-0.39, 0.29) is 0 Å². The van der Waals surface area contributed by atoms with E-state index in [1.807, 2.05) is 13.8 Å². The molecular formula is C11H14ClN5. The summed E-state index contributed by atoms with van der Waals surface area (Å²) < 4.78 is 1.64. The summed E-state index contributed by atoms with van der Waals surface area (Å²) in [4.78, 5) is 8.60. The van der Waals surface area contributed by atoms with E-state index in [0.29, 0.717) is 17.4 Å². The Morgan fingerprint density at radius 1 is 1.41 bits per heavy atom. The van der Waals surface area contributed by atoms with Gasteiger partial charge < -0.3 is 5.32 Å². The Labute approximate surface area is 105 Å². The molecule has 2 rings (SSSR count). The van der Waals surface area contributed by atoms with Gasteiger partial charge in [-0.15, -0.1) is 0 Å². The topological polar surface area (TPSA) is 55.6 Å². The van der Waals surface area contributed by atoms with Gasteiger partial charge in [0.05, 0.1) is 28.8 Å². The molecule has 0 saturated carbocycles. The predicted molar refractivity (Wildman–Crippen MR) is 66.3 cm³/mol. The van der Waals surface area contributed by atoms with Gasteiger partial charge in [-0.2, -0.15) is 5.10 Å². The van der Waals surface area contributed by atoms with Crippen molar-refractivity contribution in [1.82, 2.24) is 25.1 Å². The fraction of sp³-hybridized carbons (Fsp3) is 0.364. The van der Waals surface area contributed by atoms with Crippen molar-refractivity contribution in [2.75, 3.05) is 6.54 Å². The van der Waals surface area contributed by atoms with Gasteiger partial charge in [-0.1, -0.05) is 18.5 Å². The molecule has 5 nitrogen and oxygen atoms in total. The largest absolute Gasteiger partial charge is 0.311 e. The van der Waals surface area contributed by atoms with Crippen LogP contribution in [-0.2, 0) is 6.54 Å². The second-order valence-electron chi connectivity index (χ2n) is 3.66. The van der Waals surface area contributed by atoms with Crippen LogP contribution in [0.15, 0.2) is 18.6 Å². The lowest BCUT2D eigenvalue weighted by molar-refractivity contribution is 0.699. The lowest BCUT2D eigenvalue weighted by atomic mass is 10.4. The van der Waals surface area contributed by atoms with Crippen molar-refractivity contribution >= 4 is 11.6 Å². The highest BCUT2D eigenvalue weighted by atomic mass is 35.5. The number of hydrogen-bond acceptors (Lipinski definition) is 4. The van der Waals surface area contributed by atoms with Crippen LogP contribution < -0.4 is 5.32 Å². The van der Waals surface area contributed by atoms with E-state index in [2.05, 4.69) is 20.4 Å². The van der Waals surface area contributed by atoms with E-state index in [9.17, 15) is 0 Å². The number of halogens is 1. The monoisotopic (exact) mass is 251 g/mol. The molecule has 2 heterocycles. The summed E-state index contributed by atoms with van der Waals surface area (Å²) in [7, 11) is 0. The van der Waals surface area contributed by atoms with Crippen molar-refractivity contribution in [3.63, 3.8) is 0 Å². The Kier molecular flexibility index (Phi) is 3.71. The molecular weight excluding hydrogens is 238 g/mol. The van der Waals surface area contributed by atoms with E-state index < -0.39 is 0 Å². The van der Waals surface area contributed by atoms with Crippen molar-refractivity contribution in [3.05, 3.63) is 35.0 Å². The van der Waals surface area contributed by atoms with Crippen LogP contribution in [0.3, 0.4) is 0 Å². The molecule has 0 aliphatic rings. The molecule has 0 bridgehead atoms. The van der Waals surface area contributed by atoms with Crippen molar-refractivity contribution in [2.45, 2.75) is 20.4 Å². The highest BCUT2D eigenvalue weighted by molar-refractivity contribution is 6.31. The van der Waals surface area contributed by atoms with E-state index >= 15 is 0 Å². The molecule has 0 radical (unpaired) electrons. The first-order valence-electron chi connectivity index (χ1n) is 5.44. The number of nitrogens with one attached hydrogen (secondary N) is 1. The molecule has 1 N–H and O–H groups in total. The fourth-order valence-electron chi connectivity index (χ4n) is 1.40. The maximum Gasteiger partial charge on any atom is 0.172 e. The van der Waals surface area contributed by atoms with Gasteiger partial charge >= 0.3 is 0 Å². The van der Waals surface area contributed by atoms with Crippen molar-refractivity contribution in [1.29, 1.82) is 0 Å². The van der Waals surface area contributed by atoms with Crippen LogP contribution in [0.5, 0.6) is 0 Å². The molecule has 2 aromatic rings. The minimum atomic E-state index is 0.629. The number of aromatic nitrogens is 4. The first-order valence-corrected chi connectivity index (χ1v) is 5.82. The minimum absolute atomic E-state index is 0.629. The summed E-state index contributed by atoms with van der Waals surface area (Å²) in [6.45, 7) is 5.51. The Morgan fingerprint density at radius 2 is 2.24 bits per heavy atom. The zero-order valence-electron chi connectivity index (χ0n) is 9.81. The van der Waals surface area contributed by atoms with Crippen LogP contribution in [-0.4, -0.2) is 26.3 Å². The predicted octanol–water partition coefficient (Wildman–Crippen LogP) is 1.73. The normalized spacial score (nSPS) is 10.8. The van der Waals surface area contributed by atoms with Gasteiger partial charge in [0.1, 0.15) is 0 Å². The first-order chi connectivity index (χ1) is 8.20. The molecule has 0 aliphatic carbocycles. The summed E-state index contributed by atoms with van der Waals surface area (Å²) in [5.41, 5.74) is 1.67. The molecule has 2 aromatic heterocycles. The Morgan fingerprint density at radius 3 is 2.88 bits per heavy atom.